The normalized spacial score (nSPS) is 11.2. The van der Waals surface area contributed by atoms with E-state index in [0.29, 0.717) is 5.56 Å². The number of phenolic OH excluding ortho intramolecular Hbond substituents is 1. The number of carbonyl (C=O) groups excluding carboxylic acids is 1. The Hall–Kier alpha value is -2.95. The molecule has 2 aromatic rings. The molecule has 1 N–H and O–H groups in total. The fourth-order valence-corrected chi connectivity index (χ4v) is 1.76. The van der Waals surface area contributed by atoms with Gasteiger partial charge in [0.2, 0.25) is 0 Å². The number of carbonyl (C=O) groups is 1. The summed E-state index contributed by atoms with van der Waals surface area (Å²) in [4.78, 5) is 11.5. The van der Waals surface area contributed by atoms with E-state index in [1.165, 1.54) is 31.0 Å². The zero-order valence-corrected chi connectivity index (χ0v) is 12.4. The molecule has 0 unspecified atom stereocenters. The van der Waals surface area contributed by atoms with Crippen molar-refractivity contribution in [1.29, 1.82) is 0 Å². The third-order valence-corrected chi connectivity index (χ3v) is 2.98. The number of hydrogen-bond acceptors (Lipinski definition) is 5. The number of phenols is 1. The summed E-state index contributed by atoms with van der Waals surface area (Å²) in [5, 5.41) is 17.5. The molecule has 0 saturated carbocycles. The van der Waals surface area contributed by atoms with Crippen LogP contribution in [0.3, 0.4) is 0 Å². The van der Waals surface area contributed by atoms with Gasteiger partial charge in [-0.3, -0.25) is 0 Å². The Morgan fingerprint density at radius 3 is 2.27 bits per heavy atom. The molecular formula is C17H16N2O3. The van der Waals surface area contributed by atoms with Crippen LogP contribution >= 0.6 is 0 Å². The van der Waals surface area contributed by atoms with Gasteiger partial charge in [0.25, 0.3) is 0 Å². The number of benzene rings is 2. The van der Waals surface area contributed by atoms with Gasteiger partial charge in [0, 0.05) is 0 Å². The molecule has 0 atom stereocenters. The summed E-state index contributed by atoms with van der Waals surface area (Å²) in [7, 11) is 1.26. The fourth-order valence-electron chi connectivity index (χ4n) is 1.76. The lowest BCUT2D eigenvalue weighted by atomic mass is 10.1. The number of hydrogen-bond donors (Lipinski definition) is 1. The highest BCUT2D eigenvalue weighted by Crippen LogP contribution is 2.18. The Morgan fingerprint density at radius 2 is 1.64 bits per heavy atom. The average molecular weight is 296 g/mol. The van der Waals surface area contributed by atoms with E-state index >= 15 is 0 Å². The molecule has 0 aliphatic rings. The minimum atomic E-state index is -0.601. The van der Waals surface area contributed by atoms with Crippen molar-refractivity contribution in [1.82, 2.24) is 0 Å². The fraction of sp³-hybridized carbons (Fsp3) is 0.118. The van der Waals surface area contributed by atoms with Crippen LogP contribution in [-0.4, -0.2) is 30.6 Å². The maximum absolute atomic E-state index is 11.5. The molecule has 22 heavy (non-hydrogen) atoms. The van der Waals surface area contributed by atoms with Crippen molar-refractivity contribution in [2.45, 2.75) is 6.92 Å². The van der Waals surface area contributed by atoms with Crippen LogP contribution in [0, 0.1) is 6.92 Å². The van der Waals surface area contributed by atoms with Crippen molar-refractivity contribution >= 4 is 18.4 Å². The highest BCUT2D eigenvalue weighted by Gasteiger charge is 2.11. The van der Waals surface area contributed by atoms with Crippen LogP contribution < -0.4 is 0 Å². The molecule has 0 amide bonds. The van der Waals surface area contributed by atoms with Crippen molar-refractivity contribution in [3.05, 3.63) is 64.7 Å². The highest BCUT2D eigenvalue weighted by molar-refractivity contribution is 5.95. The molecule has 2 aromatic carbocycles. The van der Waals surface area contributed by atoms with E-state index in [9.17, 15) is 9.90 Å². The zero-order valence-electron chi connectivity index (χ0n) is 12.4. The van der Waals surface area contributed by atoms with Gasteiger partial charge in [-0.25, -0.2) is 4.79 Å². The number of rotatable bonds is 4. The van der Waals surface area contributed by atoms with Gasteiger partial charge in [-0.15, -0.1) is 0 Å². The SMILES string of the molecule is COC(=O)c1cc(/C=N/N=C/c2ccc(C)cc2)ccc1O. The van der Waals surface area contributed by atoms with E-state index in [0.717, 1.165) is 5.56 Å². The summed E-state index contributed by atoms with van der Waals surface area (Å²) in [6.07, 6.45) is 3.13. The predicted octanol–water partition coefficient (Wildman–Crippen LogP) is 2.94. The molecule has 0 aromatic heterocycles. The van der Waals surface area contributed by atoms with E-state index in [4.69, 9.17) is 0 Å². The van der Waals surface area contributed by atoms with Crippen LogP contribution in [-0.2, 0) is 4.74 Å². The molecule has 0 heterocycles. The standard InChI is InChI=1S/C17H16N2O3/c1-12-3-5-13(6-4-12)10-18-19-11-14-7-8-16(20)15(9-14)17(21)22-2/h3-11,20H,1-2H3/b18-10+,19-11+. The van der Waals surface area contributed by atoms with Crippen LogP contribution in [0.1, 0.15) is 27.0 Å². The largest absolute Gasteiger partial charge is 0.507 e. The second-order valence-corrected chi connectivity index (χ2v) is 4.67. The van der Waals surface area contributed by atoms with Gasteiger partial charge >= 0.3 is 5.97 Å². The Kier molecular flexibility index (Phi) is 5.03. The number of esters is 1. The van der Waals surface area contributed by atoms with Crippen LogP contribution in [0.5, 0.6) is 5.75 Å². The molecule has 0 saturated heterocycles. The Bertz CT molecular complexity index is 719. The van der Waals surface area contributed by atoms with E-state index in [-0.39, 0.29) is 11.3 Å². The van der Waals surface area contributed by atoms with Crippen molar-refractivity contribution in [2.75, 3.05) is 7.11 Å². The van der Waals surface area contributed by atoms with Crippen molar-refractivity contribution in [2.24, 2.45) is 10.2 Å². The van der Waals surface area contributed by atoms with E-state index in [1.807, 2.05) is 31.2 Å². The molecule has 5 heteroatoms. The molecule has 0 radical (unpaired) electrons. The van der Waals surface area contributed by atoms with Gasteiger partial charge < -0.3 is 9.84 Å². The summed E-state index contributed by atoms with van der Waals surface area (Å²) in [6, 6.07) is 12.4. The maximum Gasteiger partial charge on any atom is 0.341 e. The lowest BCUT2D eigenvalue weighted by Gasteiger charge is -2.02. The number of ether oxygens (including phenoxy) is 1. The van der Waals surface area contributed by atoms with Gasteiger partial charge in [-0.2, -0.15) is 10.2 Å². The van der Waals surface area contributed by atoms with Crippen LogP contribution in [0.25, 0.3) is 0 Å². The molecule has 0 aliphatic heterocycles. The minimum absolute atomic E-state index is 0.0916. The molecule has 2 rings (SSSR count). The Balaban J connectivity index is 2.10. The van der Waals surface area contributed by atoms with Gasteiger partial charge in [-0.05, 0) is 36.2 Å². The average Bonchev–Trinajstić information content (AvgIpc) is 2.54. The first-order valence-electron chi connectivity index (χ1n) is 6.64. The quantitative estimate of drug-likeness (QED) is 0.535. The number of aryl methyl sites for hydroxylation is 1. The summed E-state index contributed by atoms with van der Waals surface area (Å²) in [5.41, 5.74) is 2.86. The molecule has 112 valence electrons. The maximum atomic E-state index is 11.5. The number of aromatic hydroxyl groups is 1. The van der Waals surface area contributed by atoms with Gasteiger partial charge in [0.1, 0.15) is 11.3 Å². The predicted molar refractivity (Wildman–Crippen MR) is 85.8 cm³/mol. The Labute approximate surface area is 128 Å². The lowest BCUT2D eigenvalue weighted by Crippen LogP contribution is -2.02. The van der Waals surface area contributed by atoms with E-state index in [1.54, 1.807) is 12.3 Å². The second-order valence-electron chi connectivity index (χ2n) is 4.67. The third-order valence-electron chi connectivity index (χ3n) is 2.98. The zero-order chi connectivity index (χ0) is 15.9. The lowest BCUT2D eigenvalue weighted by molar-refractivity contribution is 0.0597. The topological polar surface area (TPSA) is 71.2 Å². The monoisotopic (exact) mass is 296 g/mol. The minimum Gasteiger partial charge on any atom is -0.507 e. The van der Waals surface area contributed by atoms with Crippen molar-refractivity contribution in [3.8, 4) is 5.75 Å². The first-order valence-corrected chi connectivity index (χ1v) is 6.64. The molecule has 0 spiro atoms. The Morgan fingerprint density at radius 1 is 1.05 bits per heavy atom. The smallest absolute Gasteiger partial charge is 0.341 e. The van der Waals surface area contributed by atoms with E-state index < -0.39 is 5.97 Å². The molecular weight excluding hydrogens is 280 g/mol. The van der Waals surface area contributed by atoms with Crippen LogP contribution in [0.2, 0.25) is 0 Å². The summed E-state index contributed by atoms with van der Waals surface area (Å²) < 4.78 is 4.59. The van der Waals surface area contributed by atoms with Crippen molar-refractivity contribution in [3.63, 3.8) is 0 Å². The highest BCUT2D eigenvalue weighted by atomic mass is 16.5. The first-order chi connectivity index (χ1) is 10.6. The molecule has 0 bridgehead atoms. The number of methoxy groups -OCH3 is 1. The van der Waals surface area contributed by atoms with Crippen LogP contribution in [0.4, 0.5) is 0 Å². The second kappa shape index (κ2) is 7.17. The van der Waals surface area contributed by atoms with Gasteiger partial charge in [0.15, 0.2) is 0 Å². The van der Waals surface area contributed by atoms with Gasteiger partial charge in [-0.1, -0.05) is 29.8 Å². The molecule has 0 fully saturated rings. The first kappa shape index (κ1) is 15.4. The van der Waals surface area contributed by atoms with Crippen LogP contribution in [0.15, 0.2) is 52.7 Å². The molecule has 0 aliphatic carbocycles. The third kappa shape index (κ3) is 4.02. The van der Waals surface area contributed by atoms with Crippen molar-refractivity contribution < 1.29 is 14.6 Å². The summed E-state index contributed by atoms with van der Waals surface area (Å²) in [5.74, 6) is -0.733. The summed E-state index contributed by atoms with van der Waals surface area (Å²) in [6.45, 7) is 2.02. The van der Waals surface area contributed by atoms with E-state index in [2.05, 4.69) is 14.9 Å². The summed E-state index contributed by atoms with van der Waals surface area (Å²) >= 11 is 0. The molecule has 5 nitrogen and oxygen atoms in total. The number of nitrogens with zero attached hydrogens (tertiary/aromatic N) is 2. The van der Waals surface area contributed by atoms with Gasteiger partial charge in [0.05, 0.1) is 19.5 Å².